The molecule has 0 unspecified atom stereocenters. The molecule has 1 aromatic heterocycles. The van der Waals surface area contributed by atoms with Gasteiger partial charge in [0.1, 0.15) is 12.4 Å². The first-order valence-corrected chi connectivity index (χ1v) is 6.02. The van der Waals surface area contributed by atoms with Gasteiger partial charge in [-0.15, -0.1) is 0 Å². The number of nitrogens with zero attached hydrogens (tertiary/aromatic N) is 1. The van der Waals surface area contributed by atoms with Crippen LogP contribution in [0.2, 0.25) is 0 Å². The highest BCUT2D eigenvalue weighted by atomic mass is 16.5. The summed E-state index contributed by atoms with van der Waals surface area (Å²) in [6.07, 6.45) is 0.940. The first-order chi connectivity index (χ1) is 8.69. The van der Waals surface area contributed by atoms with E-state index in [0.29, 0.717) is 6.61 Å². The molecular weight excluding hydrogens is 226 g/mol. The third-order valence-electron chi connectivity index (χ3n) is 2.71. The molecule has 3 nitrogen and oxygen atoms in total. The Bertz CT molecular complexity index is 526. The fourth-order valence-corrected chi connectivity index (χ4v) is 1.50. The Labute approximate surface area is 107 Å². The monoisotopic (exact) mass is 243 g/mol. The number of rotatable bonds is 5. The molecule has 0 aliphatic carbocycles. The van der Waals surface area contributed by atoms with Crippen molar-refractivity contribution >= 4 is 0 Å². The second-order valence-electron chi connectivity index (χ2n) is 4.25. The Morgan fingerprint density at radius 1 is 1.33 bits per heavy atom. The SMILES string of the molecule is C=C(CC)COc1ccc(-c2cc(C)no2)cc1. The first-order valence-electron chi connectivity index (χ1n) is 6.02. The van der Waals surface area contributed by atoms with Crippen molar-refractivity contribution in [3.05, 3.63) is 48.2 Å². The average molecular weight is 243 g/mol. The van der Waals surface area contributed by atoms with Crippen molar-refractivity contribution < 1.29 is 9.26 Å². The molecule has 94 valence electrons. The van der Waals surface area contributed by atoms with E-state index in [4.69, 9.17) is 9.26 Å². The van der Waals surface area contributed by atoms with Crippen LogP contribution in [0.4, 0.5) is 0 Å². The van der Waals surface area contributed by atoms with Crippen molar-refractivity contribution in [2.75, 3.05) is 6.61 Å². The molecule has 0 amide bonds. The van der Waals surface area contributed by atoms with Gasteiger partial charge in [0.2, 0.25) is 0 Å². The van der Waals surface area contributed by atoms with Crippen LogP contribution in [0.25, 0.3) is 11.3 Å². The molecule has 0 radical (unpaired) electrons. The zero-order chi connectivity index (χ0) is 13.0. The van der Waals surface area contributed by atoms with E-state index in [1.807, 2.05) is 37.3 Å². The summed E-state index contributed by atoms with van der Waals surface area (Å²) in [5, 5.41) is 3.87. The van der Waals surface area contributed by atoms with Gasteiger partial charge < -0.3 is 9.26 Å². The molecule has 0 atom stereocenters. The predicted octanol–water partition coefficient (Wildman–Crippen LogP) is 4.00. The van der Waals surface area contributed by atoms with E-state index < -0.39 is 0 Å². The largest absolute Gasteiger partial charge is 0.489 e. The van der Waals surface area contributed by atoms with Gasteiger partial charge in [0, 0.05) is 11.6 Å². The quantitative estimate of drug-likeness (QED) is 0.745. The molecule has 0 bridgehead atoms. The fraction of sp³-hybridized carbons (Fsp3) is 0.267. The van der Waals surface area contributed by atoms with Crippen molar-refractivity contribution in [3.63, 3.8) is 0 Å². The molecule has 0 N–H and O–H groups in total. The van der Waals surface area contributed by atoms with Crippen LogP contribution in [0, 0.1) is 6.92 Å². The van der Waals surface area contributed by atoms with E-state index in [2.05, 4.69) is 18.7 Å². The van der Waals surface area contributed by atoms with Crippen molar-refractivity contribution in [1.82, 2.24) is 5.16 Å². The van der Waals surface area contributed by atoms with Crippen LogP contribution < -0.4 is 4.74 Å². The molecule has 0 saturated carbocycles. The van der Waals surface area contributed by atoms with E-state index in [-0.39, 0.29) is 0 Å². The van der Waals surface area contributed by atoms with Crippen molar-refractivity contribution in [3.8, 4) is 17.1 Å². The molecule has 18 heavy (non-hydrogen) atoms. The summed E-state index contributed by atoms with van der Waals surface area (Å²) in [5.41, 5.74) is 2.96. The van der Waals surface area contributed by atoms with Crippen LogP contribution in [0.1, 0.15) is 19.0 Å². The van der Waals surface area contributed by atoms with Gasteiger partial charge in [0.05, 0.1) is 5.69 Å². The van der Waals surface area contributed by atoms with Gasteiger partial charge in [-0.2, -0.15) is 0 Å². The average Bonchev–Trinajstić information content (AvgIpc) is 2.83. The van der Waals surface area contributed by atoms with E-state index in [1.54, 1.807) is 0 Å². The van der Waals surface area contributed by atoms with Crippen LogP contribution >= 0.6 is 0 Å². The lowest BCUT2D eigenvalue weighted by atomic mass is 10.1. The molecule has 0 saturated heterocycles. The lowest BCUT2D eigenvalue weighted by Gasteiger charge is -2.07. The molecule has 0 aliphatic heterocycles. The Hall–Kier alpha value is -2.03. The Morgan fingerprint density at radius 2 is 2.06 bits per heavy atom. The Morgan fingerprint density at radius 3 is 2.61 bits per heavy atom. The minimum absolute atomic E-state index is 0.567. The molecule has 2 rings (SSSR count). The van der Waals surface area contributed by atoms with Gasteiger partial charge in [-0.3, -0.25) is 0 Å². The number of hydrogen-bond donors (Lipinski definition) is 0. The van der Waals surface area contributed by atoms with Gasteiger partial charge in [0.25, 0.3) is 0 Å². The molecule has 2 aromatic rings. The molecule has 0 aliphatic rings. The van der Waals surface area contributed by atoms with Gasteiger partial charge in [-0.25, -0.2) is 0 Å². The maximum absolute atomic E-state index is 5.61. The molecule has 1 heterocycles. The molecular formula is C15H17NO2. The van der Waals surface area contributed by atoms with Gasteiger partial charge in [-0.1, -0.05) is 18.7 Å². The van der Waals surface area contributed by atoms with E-state index in [9.17, 15) is 0 Å². The van der Waals surface area contributed by atoms with E-state index in [0.717, 1.165) is 34.8 Å². The van der Waals surface area contributed by atoms with Crippen molar-refractivity contribution in [2.24, 2.45) is 0 Å². The summed E-state index contributed by atoms with van der Waals surface area (Å²) in [5.74, 6) is 1.61. The Kier molecular flexibility index (Phi) is 3.82. The van der Waals surface area contributed by atoms with Gasteiger partial charge in [0.15, 0.2) is 5.76 Å². The van der Waals surface area contributed by atoms with Crippen LogP contribution in [-0.4, -0.2) is 11.8 Å². The third kappa shape index (κ3) is 3.00. The van der Waals surface area contributed by atoms with Crippen LogP contribution in [0.15, 0.2) is 47.0 Å². The van der Waals surface area contributed by atoms with E-state index in [1.165, 1.54) is 0 Å². The standard InChI is InChI=1S/C15H17NO2/c1-4-11(2)10-17-14-7-5-13(6-8-14)15-9-12(3)16-18-15/h5-9H,2,4,10H2,1,3H3. The van der Waals surface area contributed by atoms with E-state index >= 15 is 0 Å². The molecule has 0 spiro atoms. The highest BCUT2D eigenvalue weighted by Gasteiger charge is 2.04. The number of benzene rings is 1. The number of hydrogen-bond acceptors (Lipinski definition) is 3. The maximum Gasteiger partial charge on any atom is 0.167 e. The van der Waals surface area contributed by atoms with Gasteiger partial charge in [-0.05, 0) is 43.2 Å². The summed E-state index contributed by atoms with van der Waals surface area (Å²) in [6, 6.07) is 9.69. The second-order valence-corrected chi connectivity index (χ2v) is 4.25. The maximum atomic E-state index is 5.61. The zero-order valence-electron chi connectivity index (χ0n) is 10.8. The second kappa shape index (κ2) is 5.54. The summed E-state index contributed by atoms with van der Waals surface area (Å²) >= 11 is 0. The summed E-state index contributed by atoms with van der Waals surface area (Å²) in [7, 11) is 0. The number of aromatic nitrogens is 1. The number of aryl methyl sites for hydroxylation is 1. The highest BCUT2D eigenvalue weighted by Crippen LogP contribution is 2.23. The minimum Gasteiger partial charge on any atom is -0.489 e. The minimum atomic E-state index is 0.567. The molecule has 0 fully saturated rings. The predicted molar refractivity (Wildman–Crippen MR) is 71.6 cm³/mol. The number of ether oxygens (including phenoxy) is 1. The summed E-state index contributed by atoms with van der Waals surface area (Å²) in [4.78, 5) is 0. The summed E-state index contributed by atoms with van der Waals surface area (Å²) in [6.45, 7) is 8.45. The molecule has 1 aromatic carbocycles. The lowest BCUT2D eigenvalue weighted by molar-refractivity contribution is 0.349. The fourth-order valence-electron chi connectivity index (χ4n) is 1.50. The summed E-state index contributed by atoms with van der Waals surface area (Å²) < 4.78 is 10.8. The topological polar surface area (TPSA) is 35.3 Å². The van der Waals surface area contributed by atoms with Crippen LogP contribution in [0.5, 0.6) is 5.75 Å². The smallest absolute Gasteiger partial charge is 0.167 e. The van der Waals surface area contributed by atoms with Crippen molar-refractivity contribution in [2.45, 2.75) is 20.3 Å². The first kappa shape index (κ1) is 12.4. The highest BCUT2D eigenvalue weighted by molar-refractivity contribution is 5.58. The van der Waals surface area contributed by atoms with Crippen molar-refractivity contribution in [1.29, 1.82) is 0 Å². The Balaban J connectivity index is 2.03. The lowest BCUT2D eigenvalue weighted by Crippen LogP contribution is -1.99. The normalized spacial score (nSPS) is 10.3. The molecule has 3 heteroatoms. The van der Waals surface area contributed by atoms with Gasteiger partial charge >= 0.3 is 0 Å². The third-order valence-corrected chi connectivity index (χ3v) is 2.71. The van der Waals surface area contributed by atoms with Crippen LogP contribution in [0.3, 0.4) is 0 Å². The zero-order valence-corrected chi connectivity index (χ0v) is 10.8. The van der Waals surface area contributed by atoms with Crippen LogP contribution in [-0.2, 0) is 0 Å².